The van der Waals surface area contributed by atoms with Crippen molar-refractivity contribution in [2.75, 3.05) is 38.8 Å². The van der Waals surface area contributed by atoms with Crippen LogP contribution in [0.4, 0.5) is 5.69 Å². The number of hydrogen-bond acceptors (Lipinski definition) is 4. The molecule has 5 rings (SSSR count). The minimum atomic E-state index is 0.0954. The van der Waals surface area contributed by atoms with E-state index in [1.165, 1.54) is 40.7 Å². The van der Waals surface area contributed by atoms with Crippen molar-refractivity contribution in [2.24, 2.45) is 0 Å². The molecule has 0 spiro atoms. The van der Waals surface area contributed by atoms with E-state index in [0.717, 1.165) is 68.1 Å². The first-order valence-corrected chi connectivity index (χ1v) is 13.5. The van der Waals surface area contributed by atoms with Crippen molar-refractivity contribution in [1.82, 2.24) is 4.90 Å². The average Bonchev–Trinajstić information content (AvgIpc) is 2.94. The van der Waals surface area contributed by atoms with Crippen LogP contribution in [0, 0.1) is 6.92 Å². The molecule has 0 bridgehead atoms. The number of benzene rings is 3. The molecule has 194 valence electrons. The molecule has 1 aliphatic heterocycles. The largest absolute Gasteiger partial charge is 0.493 e. The van der Waals surface area contributed by atoms with Crippen LogP contribution in [0.1, 0.15) is 57.4 Å². The average molecular weight is 499 g/mol. The summed E-state index contributed by atoms with van der Waals surface area (Å²) in [5.74, 6) is 1.67. The maximum atomic E-state index is 13.8. The summed E-state index contributed by atoms with van der Waals surface area (Å²) in [5, 5.41) is 0. The van der Waals surface area contributed by atoms with Gasteiger partial charge in [-0.15, -0.1) is 0 Å². The van der Waals surface area contributed by atoms with Gasteiger partial charge in [-0.1, -0.05) is 23.8 Å². The van der Waals surface area contributed by atoms with Gasteiger partial charge in [0.05, 0.1) is 14.2 Å². The summed E-state index contributed by atoms with van der Waals surface area (Å²) in [4.78, 5) is 18.2. The maximum absolute atomic E-state index is 13.8. The summed E-state index contributed by atoms with van der Waals surface area (Å²) in [6.45, 7) is 5.60. The Bertz CT molecular complexity index is 1250. The maximum Gasteiger partial charge on any atom is 0.258 e. The molecule has 3 aromatic carbocycles. The number of carbonyl (C=O) groups excluding carboxylic acids is 1. The van der Waals surface area contributed by atoms with Crippen LogP contribution >= 0.6 is 0 Å². The fraction of sp³-hybridized carbons (Fsp3) is 0.406. The Hall–Kier alpha value is -3.31. The normalized spacial score (nSPS) is 15.0. The third kappa shape index (κ3) is 5.67. The van der Waals surface area contributed by atoms with E-state index in [1.807, 2.05) is 11.0 Å². The number of amides is 1. The molecule has 1 aliphatic carbocycles. The molecule has 5 nitrogen and oxygen atoms in total. The zero-order valence-electron chi connectivity index (χ0n) is 22.4. The lowest BCUT2D eigenvalue weighted by Gasteiger charge is -2.30. The molecular weight excluding hydrogens is 460 g/mol. The van der Waals surface area contributed by atoms with Crippen LogP contribution in [0.2, 0.25) is 0 Å². The van der Waals surface area contributed by atoms with Crippen LogP contribution in [0.25, 0.3) is 0 Å². The van der Waals surface area contributed by atoms with Crippen LogP contribution in [-0.4, -0.2) is 44.7 Å². The minimum Gasteiger partial charge on any atom is -0.493 e. The molecule has 1 amide bonds. The summed E-state index contributed by atoms with van der Waals surface area (Å²) < 4.78 is 11.0. The van der Waals surface area contributed by atoms with Crippen LogP contribution < -0.4 is 14.4 Å². The second-order valence-corrected chi connectivity index (χ2v) is 10.3. The zero-order chi connectivity index (χ0) is 25.8. The first kappa shape index (κ1) is 25.3. The van der Waals surface area contributed by atoms with E-state index in [2.05, 4.69) is 60.4 Å². The number of rotatable bonds is 8. The third-order valence-corrected chi connectivity index (χ3v) is 7.84. The van der Waals surface area contributed by atoms with Gasteiger partial charge in [0, 0.05) is 37.4 Å². The Kier molecular flexibility index (Phi) is 7.80. The summed E-state index contributed by atoms with van der Waals surface area (Å²) in [5.41, 5.74) is 8.35. The quantitative estimate of drug-likeness (QED) is 0.383. The molecule has 0 saturated heterocycles. The molecule has 0 N–H and O–H groups in total. The SMILES string of the molecule is COc1cc2c(cc1OC)CN(CCCN(C(=O)c1ccc3c(c1)CCCC3)c1ccc(C)cc1)CC2. The molecular formula is C32H38N2O3. The molecule has 0 saturated carbocycles. The van der Waals surface area contributed by atoms with E-state index in [1.54, 1.807) is 14.2 Å². The van der Waals surface area contributed by atoms with Crippen molar-refractivity contribution in [2.45, 2.75) is 52.0 Å². The number of ether oxygens (including phenoxy) is 2. The van der Waals surface area contributed by atoms with Gasteiger partial charge >= 0.3 is 0 Å². The summed E-state index contributed by atoms with van der Waals surface area (Å²) in [6.07, 6.45) is 6.57. The highest BCUT2D eigenvalue weighted by molar-refractivity contribution is 6.06. The van der Waals surface area contributed by atoms with Gasteiger partial charge in [0.25, 0.3) is 5.91 Å². The summed E-state index contributed by atoms with van der Waals surface area (Å²) >= 11 is 0. The van der Waals surface area contributed by atoms with Gasteiger partial charge in [-0.05, 0) is 104 Å². The molecule has 2 aliphatic rings. The fourth-order valence-corrected chi connectivity index (χ4v) is 5.68. The van der Waals surface area contributed by atoms with Gasteiger partial charge in [-0.25, -0.2) is 0 Å². The smallest absolute Gasteiger partial charge is 0.258 e. The molecule has 1 heterocycles. The highest BCUT2D eigenvalue weighted by Crippen LogP contribution is 2.33. The number of hydrogen-bond donors (Lipinski definition) is 0. The van der Waals surface area contributed by atoms with Gasteiger partial charge in [0.15, 0.2) is 11.5 Å². The number of methoxy groups -OCH3 is 2. The molecule has 0 radical (unpaired) electrons. The van der Waals surface area contributed by atoms with Gasteiger partial charge in [-0.2, -0.15) is 0 Å². The van der Waals surface area contributed by atoms with Crippen molar-refractivity contribution in [1.29, 1.82) is 0 Å². The van der Waals surface area contributed by atoms with Gasteiger partial charge < -0.3 is 14.4 Å². The Morgan fingerprint density at radius 1 is 0.838 bits per heavy atom. The molecule has 0 fully saturated rings. The molecule has 0 aromatic heterocycles. The lowest BCUT2D eigenvalue weighted by molar-refractivity contribution is 0.0985. The van der Waals surface area contributed by atoms with E-state index >= 15 is 0 Å². The number of anilines is 1. The van der Waals surface area contributed by atoms with Crippen LogP contribution in [0.5, 0.6) is 11.5 Å². The predicted molar refractivity (Wildman–Crippen MR) is 149 cm³/mol. The van der Waals surface area contributed by atoms with Crippen LogP contribution in [0.3, 0.4) is 0 Å². The standard InChI is InChI=1S/C32H38N2O3/c1-23-9-13-29(14-10-23)34(32(35)27-12-11-24-7-4-5-8-25(24)19-27)17-6-16-33-18-15-26-20-30(36-2)31(37-3)21-28(26)22-33/h9-14,19-21H,4-8,15-18,22H2,1-3H3. The van der Waals surface area contributed by atoms with Crippen molar-refractivity contribution < 1.29 is 14.3 Å². The summed E-state index contributed by atoms with van der Waals surface area (Å²) in [7, 11) is 3.37. The van der Waals surface area contributed by atoms with Gasteiger partial charge in [-0.3, -0.25) is 9.69 Å². The number of fused-ring (bicyclic) bond motifs is 2. The first-order chi connectivity index (χ1) is 18.1. The Morgan fingerprint density at radius 3 is 2.24 bits per heavy atom. The minimum absolute atomic E-state index is 0.0954. The number of carbonyl (C=O) groups is 1. The Morgan fingerprint density at radius 2 is 1.51 bits per heavy atom. The number of nitrogens with zero attached hydrogens (tertiary/aromatic N) is 2. The third-order valence-electron chi connectivity index (χ3n) is 7.84. The second kappa shape index (κ2) is 11.4. The van der Waals surface area contributed by atoms with E-state index in [0.29, 0.717) is 6.54 Å². The van der Waals surface area contributed by atoms with Crippen molar-refractivity contribution in [3.05, 3.63) is 88.0 Å². The Balaban J connectivity index is 1.29. The van der Waals surface area contributed by atoms with Crippen molar-refractivity contribution in [3.8, 4) is 11.5 Å². The van der Waals surface area contributed by atoms with E-state index < -0.39 is 0 Å². The second-order valence-electron chi connectivity index (χ2n) is 10.3. The fourth-order valence-electron chi connectivity index (χ4n) is 5.68. The monoisotopic (exact) mass is 498 g/mol. The van der Waals surface area contributed by atoms with Gasteiger partial charge in [0.1, 0.15) is 0 Å². The highest BCUT2D eigenvalue weighted by Gasteiger charge is 2.22. The first-order valence-electron chi connectivity index (χ1n) is 13.5. The molecule has 37 heavy (non-hydrogen) atoms. The van der Waals surface area contributed by atoms with Gasteiger partial charge in [0.2, 0.25) is 0 Å². The summed E-state index contributed by atoms with van der Waals surface area (Å²) in [6, 6.07) is 18.9. The van der Waals surface area contributed by atoms with Crippen molar-refractivity contribution in [3.63, 3.8) is 0 Å². The lowest BCUT2D eigenvalue weighted by Crippen LogP contribution is -2.36. The van der Waals surface area contributed by atoms with Crippen molar-refractivity contribution >= 4 is 11.6 Å². The lowest BCUT2D eigenvalue weighted by atomic mass is 9.90. The molecule has 3 aromatic rings. The highest BCUT2D eigenvalue weighted by atomic mass is 16.5. The zero-order valence-corrected chi connectivity index (χ0v) is 22.4. The van der Waals surface area contributed by atoms with E-state index in [9.17, 15) is 4.79 Å². The topological polar surface area (TPSA) is 42.0 Å². The molecule has 0 unspecified atom stereocenters. The molecule has 0 atom stereocenters. The number of aryl methyl sites for hydroxylation is 3. The van der Waals surface area contributed by atoms with E-state index in [-0.39, 0.29) is 5.91 Å². The van der Waals surface area contributed by atoms with E-state index in [4.69, 9.17) is 9.47 Å². The predicted octanol–water partition coefficient (Wildman–Crippen LogP) is 5.99. The Labute approximate surface area is 221 Å². The van der Waals surface area contributed by atoms with Crippen LogP contribution in [0.15, 0.2) is 54.6 Å². The molecule has 5 heteroatoms. The van der Waals surface area contributed by atoms with Crippen LogP contribution in [-0.2, 0) is 25.8 Å².